The molecule has 4 heterocycles. The number of nitrogens with one attached hydrogen (secondary N) is 11. The van der Waals surface area contributed by atoms with Crippen LogP contribution < -0.4 is 70.4 Å². The molecular weight excluding hydrogens is 1290 g/mol. The van der Waals surface area contributed by atoms with E-state index in [1.807, 2.05) is 0 Å². The molecule has 3 fully saturated rings. The molecule has 0 saturated carbocycles. The molecule has 13 amide bonds. The van der Waals surface area contributed by atoms with E-state index in [0.29, 0.717) is 34.4 Å². The van der Waals surface area contributed by atoms with E-state index in [9.17, 15) is 97.8 Å². The maximum atomic E-state index is 14.7. The molecule has 95 heavy (non-hydrogen) atoms. The summed E-state index contributed by atoms with van der Waals surface area (Å²) in [6.45, 7) is 2.67. The number of fused-ring (bicyclic) bond motifs is 2. The molecule has 1 unspecified atom stereocenters. The number of aliphatic hydroxyl groups excluding tert-OH is 5. The Morgan fingerprint density at radius 2 is 1.28 bits per heavy atom. The Hall–Kier alpha value is -7.79. The number of aromatic amines is 1. The van der Waals surface area contributed by atoms with Gasteiger partial charge in [0.25, 0.3) is 0 Å². The highest BCUT2D eigenvalue weighted by molar-refractivity contribution is 8.76. The summed E-state index contributed by atoms with van der Waals surface area (Å²) in [5.41, 5.74) is 17.1. The van der Waals surface area contributed by atoms with Crippen LogP contribution in [-0.4, -0.2) is 275 Å². The van der Waals surface area contributed by atoms with Crippen LogP contribution in [0.25, 0.3) is 0 Å². The predicted molar refractivity (Wildman–Crippen MR) is 337 cm³/mol. The highest BCUT2D eigenvalue weighted by Gasteiger charge is 2.46. The first-order chi connectivity index (χ1) is 45.0. The number of aliphatic hydroxyl groups is 5. The first-order valence-corrected chi connectivity index (χ1v) is 33.5. The molecule has 0 radical (unpaired) electrons. The van der Waals surface area contributed by atoms with Crippen molar-refractivity contribution < 1.29 is 97.8 Å². The Bertz CT molecular complexity index is 2840. The van der Waals surface area contributed by atoms with Gasteiger partial charge in [-0.2, -0.15) is 0 Å². The number of H-pyrrole nitrogens is 1. The third kappa shape index (κ3) is 23.8. The maximum Gasteiger partial charge on any atom is 0.328 e. The molecule has 1 aromatic rings. The van der Waals surface area contributed by atoms with Crippen LogP contribution in [0.2, 0.25) is 0 Å². The molecule has 0 bridgehead atoms. The summed E-state index contributed by atoms with van der Waals surface area (Å²) in [4.78, 5) is 204. The van der Waals surface area contributed by atoms with Crippen molar-refractivity contribution in [2.24, 2.45) is 23.1 Å². The van der Waals surface area contributed by atoms with Crippen LogP contribution in [0.1, 0.15) is 97.6 Å². The van der Waals surface area contributed by atoms with E-state index >= 15 is 0 Å². The van der Waals surface area contributed by atoms with E-state index < -0.39 is 230 Å². The number of primary amides is 1. The normalized spacial score (nSPS) is 25.6. The molecule has 16 atom stereocenters. The molecule has 1 aromatic heterocycles. The Morgan fingerprint density at radius 3 is 1.86 bits per heavy atom. The van der Waals surface area contributed by atoms with Crippen molar-refractivity contribution in [3.8, 4) is 0 Å². The number of aromatic nitrogens is 2. The number of carboxylic acid groups (broad SMARTS) is 1. The first-order valence-electron chi connectivity index (χ1n) is 31.0. The Morgan fingerprint density at radius 1 is 0.684 bits per heavy atom. The second-order valence-corrected chi connectivity index (χ2v) is 25.8. The zero-order chi connectivity index (χ0) is 70.8. The van der Waals surface area contributed by atoms with Gasteiger partial charge in [-0.15, -0.1) is 0 Å². The third-order valence-electron chi connectivity index (χ3n) is 16.0. The molecule has 0 aromatic carbocycles. The smallest absolute Gasteiger partial charge is 0.328 e. The fourth-order valence-corrected chi connectivity index (χ4v) is 12.6. The van der Waals surface area contributed by atoms with Crippen LogP contribution >= 0.6 is 21.6 Å². The number of hydrogen-bond acceptors (Lipinski definition) is 24. The first kappa shape index (κ1) is 79.6. The van der Waals surface area contributed by atoms with E-state index in [-0.39, 0.29) is 63.9 Å². The van der Waals surface area contributed by atoms with Crippen molar-refractivity contribution in [1.82, 2.24) is 72.9 Å². The summed E-state index contributed by atoms with van der Waals surface area (Å²) >= 11 is 0. The maximum absolute atomic E-state index is 14.7. The summed E-state index contributed by atoms with van der Waals surface area (Å²) in [5.74, 6) is -17.0. The number of unbranched alkanes of at least 4 members (excludes halogenated alkanes) is 1. The van der Waals surface area contributed by atoms with Gasteiger partial charge in [-0.25, -0.2) is 9.78 Å². The van der Waals surface area contributed by atoms with E-state index in [4.69, 9.17) is 17.2 Å². The number of carbonyl (C=O) groups is 14. The second-order valence-electron chi connectivity index (χ2n) is 23.3. The minimum atomic E-state index is -1.98. The van der Waals surface area contributed by atoms with Crippen molar-refractivity contribution >= 4 is 104 Å². The number of carbonyl (C=O) groups excluding carboxylic acids is 13. The standard InChI is InChI=1S/C56H91N17O20S2/c1-5-26(2)41-55(91)73-17-9-12-39(73)54(90)72-16-8-11-38(72)51(87)62-32(13-14-40(59)79)46(82)67-36(49(85)64-33(18-29-19-60-25-61-29)47(83)66-35(22-76)56(92)93)23-94-95-24-37(68-53(89)42(27(3)77)70-44(80)30(58)20-74)50(86)71-43(28(4)78)52(88)63-31(10-6-7-15-57)45(81)65-34(21-75)48(84)69-41/h19,25-28,30-39,41-43,74-78H,5-18,20-24,57-58H2,1-4H3,(H2,59,79)(H,60,61)(H,62,87)(H,63,88)(H,64,85)(H,65,81)(H,66,83)(H,67,82)(H,68,89)(H,69,84)(H,70,80)(H,71,86)(H,92,93)/t26?,27-,28-,30+,31+,32+,33+,34+,35+,36+,37+,38+,39+,41+,42+,43+/m1/s1. The predicted octanol–water partition coefficient (Wildman–Crippen LogP) is -9.23. The van der Waals surface area contributed by atoms with Crippen molar-refractivity contribution in [1.29, 1.82) is 0 Å². The molecule has 39 heteroatoms. The average molecular weight is 1390 g/mol. The number of aliphatic carboxylic acids is 1. The lowest BCUT2D eigenvalue weighted by Gasteiger charge is -2.35. The van der Waals surface area contributed by atoms with E-state index in [1.54, 1.807) is 13.8 Å². The summed E-state index contributed by atoms with van der Waals surface area (Å²) < 4.78 is 0. The lowest BCUT2D eigenvalue weighted by Crippen LogP contribution is -2.63. The van der Waals surface area contributed by atoms with Crippen LogP contribution in [0.15, 0.2) is 12.5 Å². The minimum Gasteiger partial charge on any atom is -0.480 e. The largest absolute Gasteiger partial charge is 0.480 e. The number of amides is 13. The van der Waals surface area contributed by atoms with Crippen molar-refractivity contribution in [3.05, 3.63) is 18.2 Å². The SMILES string of the molecule is CCC(C)[C@@H]1NC(=O)[C@H](CO)NC(=O)[C@H](CCCCN)NC(=O)[C@H]([C@@H](C)O)NC(=O)[C@@H](NC(=O)[C@@H](NC(=O)[C@@H](N)CO)[C@@H](C)O)CSSC[C@@H](C(=O)N[C@@H](Cc2cnc[nH]2)C(=O)N[C@@H](CO)C(=O)O)NC(=O)[C@H](CCC(N)=O)NC(=O)[C@@H]2CCCN2C(=O)[C@@H]2CCCN2C1=O. The van der Waals surface area contributed by atoms with E-state index in [0.717, 1.165) is 13.8 Å². The number of carboxylic acids is 1. The molecule has 37 nitrogen and oxygen atoms in total. The number of nitrogens with zero attached hydrogens (tertiary/aromatic N) is 3. The lowest BCUT2D eigenvalue weighted by atomic mass is 9.96. The zero-order valence-electron chi connectivity index (χ0n) is 53.1. The number of hydrogen-bond donors (Lipinski definition) is 20. The van der Waals surface area contributed by atoms with E-state index in [2.05, 4.69) is 63.1 Å². The summed E-state index contributed by atoms with van der Waals surface area (Å²) in [6.07, 6.45) is -1.12. The van der Waals surface area contributed by atoms with Crippen LogP contribution in [0.5, 0.6) is 0 Å². The van der Waals surface area contributed by atoms with Gasteiger partial charge in [-0.3, -0.25) is 62.3 Å². The zero-order valence-corrected chi connectivity index (χ0v) is 54.7. The molecular formula is C56H91N17O20S2. The van der Waals surface area contributed by atoms with Crippen LogP contribution in [-0.2, 0) is 73.5 Å². The topological polar surface area (TPSA) is 594 Å². The summed E-state index contributed by atoms with van der Waals surface area (Å²) in [5, 5.41) is 85.1. The molecule has 23 N–H and O–H groups in total. The molecule has 3 saturated heterocycles. The van der Waals surface area contributed by atoms with Gasteiger partial charge in [0.2, 0.25) is 76.8 Å². The van der Waals surface area contributed by atoms with Crippen LogP contribution in [0.4, 0.5) is 0 Å². The number of rotatable bonds is 25. The minimum absolute atomic E-state index is 0.00351. The quantitative estimate of drug-likeness (QED) is 0.0319. The Kier molecular flexibility index (Phi) is 32.9. The highest BCUT2D eigenvalue weighted by Crippen LogP contribution is 2.28. The number of imidazole rings is 1. The molecule has 0 aliphatic carbocycles. The summed E-state index contributed by atoms with van der Waals surface area (Å²) in [7, 11) is 1.40. The van der Waals surface area contributed by atoms with Crippen molar-refractivity contribution in [3.63, 3.8) is 0 Å². The van der Waals surface area contributed by atoms with Crippen LogP contribution in [0.3, 0.4) is 0 Å². The van der Waals surface area contributed by atoms with Crippen molar-refractivity contribution in [2.75, 3.05) is 51.0 Å². The summed E-state index contributed by atoms with van der Waals surface area (Å²) in [6, 6.07) is -21.6. The van der Waals surface area contributed by atoms with Gasteiger partial charge in [-0.1, -0.05) is 41.9 Å². The van der Waals surface area contributed by atoms with Gasteiger partial charge < -0.3 is 116 Å². The molecule has 532 valence electrons. The van der Waals surface area contributed by atoms with E-state index in [1.165, 1.54) is 22.3 Å². The molecule has 3 aliphatic rings. The fraction of sp³-hybridized carbons (Fsp3) is 0.696. The van der Waals surface area contributed by atoms with Gasteiger partial charge in [0.15, 0.2) is 0 Å². The fourth-order valence-electron chi connectivity index (χ4n) is 10.3. The molecule has 0 spiro atoms. The van der Waals surface area contributed by atoms with Gasteiger partial charge in [0.05, 0.1) is 38.4 Å². The van der Waals surface area contributed by atoms with Gasteiger partial charge in [0, 0.05) is 49.3 Å². The van der Waals surface area contributed by atoms with Crippen molar-refractivity contribution in [2.45, 2.75) is 189 Å². The average Bonchev–Trinajstić information content (AvgIpc) is 1.70. The monoisotopic (exact) mass is 1390 g/mol. The van der Waals surface area contributed by atoms with Gasteiger partial charge in [0.1, 0.15) is 78.5 Å². The third-order valence-corrected chi connectivity index (χ3v) is 18.5. The van der Waals surface area contributed by atoms with Gasteiger partial charge >= 0.3 is 5.97 Å². The lowest BCUT2D eigenvalue weighted by molar-refractivity contribution is -0.149. The molecule has 4 rings (SSSR count). The van der Waals surface area contributed by atoms with Crippen LogP contribution in [0, 0.1) is 5.92 Å². The highest BCUT2D eigenvalue weighted by atomic mass is 33.1. The Balaban J connectivity index is 1.90. The second kappa shape index (κ2) is 39.3. The molecule has 3 aliphatic heterocycles. The number of nitrogens with two attached hydrogens (primary N) is 3. The Labute approximate surface area is 554 Å². The van der Waals surface area contributed by atoms with Gasteiger partial charge in [-0.05, 0) is 77.7 Å².